The van der Waals surface area contributed by atoms with Crippen LogP contribution in [0.5, 0.6) is 5.75 Å². The lowest BCUT2D eigenvalue weighted by Crippen LogP contribution is -2.23. The summed E-state index contributed by atoms with van der Waals surface area (Å²) in [6.07, 6.45) is 2.07. The molecule has 1 rings (SSSR count). The molecule has 0 fully saturated rings. The highest BCUT2D eigenvalue weighted by Gasteiger charge is 2.15. The third-order valence-electron chi connectivity index (χ3n) is 2.97. The van der Waals surface area contributed by atoms with Crippen molar-refractivity contribution in [3.05, 3.63) is 36.4 Å². The largest absolute Gasteiger partial charge is 0.460 e. The highest BCUT2D eigenvalue weighted by molar-refractivity contribution is 5.88. The van der Waals surface area contributed by atoms with E-state index in [1.54, 1.807) is 19.1 Å². The molecule has 132 valence electrons. The molecule has 1 N–H and O–H groups in total. The number of hydrogen-bond acceptors (Lipinski definition) is 5. The molecular weight excluding hydrogens is 306 g/mol. The first-order valence-corrected chi connectivity index (χ1v) is 8.11. The van der Waals surface area contributed by atoms with E-state index in [0.717, 1.165) is 25.1 Å². The summed E-state index contributed by atoms with van der Waals surface area (Å²) in [6.45, 7) is 11.5. The molecule has 0 spiro atoms. The van der Waals surface area contributed by atoms with Crippen molar-refractivity contribution in [2.24, 2.45) is 0 Å². The predicted molar refractivity (Wildman–Crippen MR) is 95.1 cm³/mol. The topological polar surface area (TPSA) is 64.6 Å². The van der Waals surface area contributed by atoms with Crippen LogP contribution in [0.3, 0.4) is 0 Å². The fraction of sp³-hybridized carbons (Fsp3) is 0.474. The van der Waals surface area contributed by atoms with Crippen LogP contribution in [-0.4, -0.2) is 24.1 Å². The van der Waals surface area contributed by atoms with Gasteiger partial charge in [-0.05, 0) is 64.8 Å². The van der Waals surface area contributed by atoms with Crippen molar-refractivity contribution in [2.45, 2.75) is 52.6 Å². The summed E-state index contributed by atoms with van der Waals surface area (Å²) in [5.41, 5.74) is 0.870. The summed E-state index contributed by atoms with van der Waals surface area (Å²) in [7, 11) is 0. The average Bonchev–Trinajstić information content (AvgIpc) is 2.46. The normalized spacial score (nSPS) is 10.8. The zero-order chi connectivity index (χ0) is 18.2. The van der Waals surface area contributed by atoms with Gasteiger partial charge in [0.2, 0.25) is 0 Å². The van der Waals surface area contributed by atoms with Crippen molar-refractivity contribution in [1.29, 1.82) is 0 Å². The second-order valence-corrected chi connectivity index (χ2v) is 6.66. The van der Waals surface area contributed by atoms with E-state index in [1.165, 1.54) is 0 Å². The van der Waals surface area contributed by atoms with Crippen molar-refractivity contribution in [3.8, 4) is 5.75 Å². The number of hydrogen-bond donors (Lipinski definition) is 1. The summed E-state index contributed by atoms with van der Waals surface area (Å²) >= 11 is 0. The number of carbonyl (C=O) groups excluding carboxylic acids is 2. The number of rotatable bonds is 8. The molecule has 0 unspecified atom stereocenters. The van der Waals surface area contributed by atoms with E-state index in [0.29, 0.717) is 17.7 Å². The second-order valence-electron chi connectivity index (χ2n) is 6.66. The lowest BCUT2D eigenvalue weighted by atomic mass is 10.2. The Labute approximate surface area is 144 Å². The van der Waals surface area contributed by atoms with Crippen LogP contribution in [0, 0.1) is 0 Å². The van der Waals surface area contributed by atoms with Gasteiger partial charge < -0.3 is 14.8 Å². The lowest BCUT2D eigenvalue weighted by Gasteiger charge is -2.19. The Morgan fingerprint density at radius 1 is 1.12 bits per heavy atom. The molecule has 0 aromatic heterocycles. The summed E-state index contributed by atoms with van der Waals surface area (Å²) in [5.74, 6) is -0.109. The maximum atomic E-state index is 11.6. The third kappa shape index (κ3) is 8.36. The van der Waals surface area contributed by atoms with Gasteiger partial charge in [0.25, 0.3) is 0 Å². The van der Waals surface area contributed by atoms with E-state index in [1.807, 2.05) is 32.9 Å². The number of nitrogens with one attached hydrogen (secondary N) is 1. The number of ether oxygens (including phenoxy) is 2. The molecule has 1 aromatic rings. The second kappa shape index (κ2) is 9.11. The van der Waals surface area contributed by atoms with Crippen molar-refractivity contribution in [2.75, 3.05) is 11.9 Å². The molecule has 0 heterocycles. The minimum Gasteiger partial charge on any atom is -0.460 e. The Balaban J connectivity index is 2.25. The van der Waals surface area contributed by atoms with Gasteiger partial charge >= 0.3 is 11.9 Å². The van der Waals surface area contributed by atoms with Crippen LogP contribution in [0.25, 0.3) is 0 Å². The van der Waals surface area contributed by atoms with Crippen molar-refractivity contribution in [1.82, 2.24) is 0 Å². The Morgan fingerprint density at radius 2 is 1.75 bits per heavy atom. The Bertz CT molecular complexity index is 570. The van der Waals surface area contributed by atoms with Gasteiger partial charge in [0.05, 0.1) is 0 Å². The maximum absolute atomic E-state index is 11.6. The number of carbonyl (C=O) groups is 2. The SMILES string of the molecule is C=C(C)C(=O)Oc1ccc(NCCCCC(=O)OC(C)(C)C)cc1. The van der Waals surface area contributed by atoms with Gasteiger partial charge in [-0.1, -0.05) is 6.58 Å². The van der Waals surface area contributed by atoms with Gasteiger partial charge in [-0.2, -0.15) is 0 Å². The molecule has 0 saturated carbocycles. The van der Waals surface area contributed by atoms with Crippen LogP contribution in [0.1, 0.15) is 47.0 Å². The minimum atomic E-state index is -0.433. The van der Waals surface area contributed by atoms with Crippen LogP contribution >= 0.6 is 0 Å². The number of anilines is 1. The van der Waals surface area contributed by atoms with Crippen LogP contribution in [0.2, 0.25) is 0 Å². The molecule has 0 atom stereocenters. The highest BCUT2D eigenvalue weighted by atomic mass is 16.6. The van der Waals surface area contributed by atoms with Crippen LogP contribution in [0.15, 0.2) is 36.4 Å². The number of esters is 2. The van der Waals surface area contributed by atoms with Gasteiger partial charge in [-0.3, -0.25) is 4.79 Å². The van der Waals surface area contributed by atoms with E-state index in [9.17, 15) is 9.59 Å². The first-order valence-electron chi connectivity index (χ1n) is 8.11. The van der Waals surface area contributed by atoms with Gasteiger partial charge in [-0.15, -0.1) is 0 Å². The minimum absolute atomic E-state index is 0.161. The molecule has 24 heavy (non-hydrogen) atoms. The van der Waals surface area contributed by atoms with E-state index in [-0.39, 0.29) is 5.97 Å². The molecule has 0 amide bonds. The van der Waals surface area contributed by atoms with E-state index < -0.39 is 11.6 Å². The van der Waals surface area contributed by atoms with Crippen molar-refractivity contribution in [3.63, 3.8) is 0 Å². The lowest BCUT2D eigenvalue weighted by molar-refractivity contribution is -0.154. The molecule has 0 aliphatic carbocycles. The fourth-order valence-electron chi connectivity index (χ4n) is 1.85. The molecule has 5 heteroatoms. The summed E-state index contributed by atoms with van der Waals surface area (Å²) in [6, 6.07) is 7.14. The van der Waals surface area contributed by atoms with E-state index in [4.69, 9.17) is 9.47 Å². The molecule has 0 bridgehead atoms. The molecule has 0 aliphatic rings. The van der Waals surface area contributed by atoms with Crippen molar-refractivity contribution < 1.29 is 19.1 Å². The van der Waals surface area contributed by atoms with Gasteiger partial charge in [0.15, 0.2) is 0 Å². The van der Waals surface area contributed by atoms with Crippen LogP contribution < -0.4 is 10.1 Å². The smallest absolute Gasteiger partial charge is 0.338 e. The quantitative estimate of drug-likeness (QED) is 0.336. The summed E-state index contributed by atoms with van der Waals surface area (Å²) in [5, 5.41) is 3.26. The highest BCUT2D eigenvalue weighted by Crippen LogP contribution is 2.17. The van der Waals surface area contributed by atoms with Gasteiger partial charge in [0, 0.05) is 24.2 Å². The Morgan fingerprint density at radius 3 is 2.29 bits per heavy atom. The molecular formula is C19H27NO4. The molecule has 0 aliphatic heterocycles. The van der Waals surface area contributed by atoms with Crippen LogP contribution in [0.4, 0.5) is 5.69 Å². The molecule has 0 saturated heterocycles. The first-order chi connectivity index (χ1) is 11.2. The van der Waals surface area contributed by atoms with Gasteiger partial charge in [0.1, 0.15) is 11.4 Å². The third-order valence-corrected chi connectivity index (χ3v) is 2.97. The maximum Gasteiger partial charge on any atom is 0.338 e. The Hall–Kier alpha value is -2.30. The number of benzene rings is 1. The van der Waals surface area contributed by atoms with Crippen LogP contribution in [-0.2, 0) is 14.3 Å². The molecule has 5 nitrogen and oxygen atoms in total. The zero-order valence-electron chi connectivity index (χ0n) is 15.0. The first kappa shape index (κ1) is 19.7. The standard InChI is InChI=1S/C19H27NO4/c1-14(2)18(22)23-16-11-9-15(10-12-16)20-13-7-6-8-17(21)24-19(3,4)5/h9-12,20H,1,6-8,13H2,2-5H3. The fourth-order valence-corrected chi connectivity index (χ4v) is 1.85. The molecule has 1 aromatic carbocycles. The number of unbranched alkanes of at least 4 members (excludes halogenated alkanes) is 1. The predicted octanol–water partition coefficient (Wildman–Crippen LogP) is 4.09. The molecule has 0 radical (unpaired) electrons. The van der Waals surface area contributed by atoms with Gasteiger partial charge in [-0.25, -0.2) is 4.79 Å². The average molecular weight is 333 g/mol. The summed E-state index contributed by atoms with van der Waals surface area (Å²) < 4.78 is 10.4. The monoisotopic (exact) mass is 333 g/mol. The summed E-state index contributed by atoms with van der Waals surface area (Å²) in [4.78, 5) is 23.0. The van der Waals surface area contributed by atoms with E-state index in [2.05, 4.69) is 11.9 Å². The van der Waals surface area contributed by atoms with Crippen molar-refractivity contribution >= 4 is 17.6 Å². The zero-order valence-corrected chi connectivity index (χ0v) is 15.0. The van der Waals surface area contributed by atoms with E-state index >= 15 is 0 Å². The Kier molecular flexibility index (Phi) is 7.49.